The Balaban J connectivity index is 2.19. The van der Waals surface area contributed by atoms with Crippen molar-refractivity contribution >= 4 is 11.8 Å². The summed E-state index contributed by atoms with van der Waals surface area (Å²) < 4.78 is 0. The Bertz CT molecular complexity index is 473. The third-order valence-electron chi connectivity index (χ3n) is 3.79. The monoisotopic (exact) mass is 274 g/mol. The summed E-state index contributed by atoms with van der Waals surface area (Å²) in [6.07, 6.45) is 2.50. The van der Waals surface area contributed by atoms with Crippen molar-refractivity contribution in [2.45, 2.75) is 45.2 Å². The third-order valence-corrected chi connectivity index (χ3v) is 3.79. The van der Waals surface area contributed by atoms with E-state index in [4.69, 9.17) is 0 Å². The zero-order valence-corrected chi connectivity index (χ0v) is 12.1. The molecule has 2 amide bonds. The van der Waals surface area contributed by atoms with Crippen LogP contribution in [0, 0.1) is 0 Å². The fraction of sp³-hybridized carbons (Fsp3) is 0.500. The molecular weight excluding hydrogens is 252 g/mol. The maximum atomic E-state index is 12.2. The average molecular weight is 274 g/mol. The van der Waals surface area contributed by atoms with Gasteiger partial charge >= 0.3 is 0 Å². The number of hydrogen-bond acceptors (Lipinski definition) is 2. The molecule has 1 aromatic carbocycles. The minimum atomic E-state index is -0.389. The van der Waals surface area contributed by atoms with Crippen molar-refractivity contribution in [2.75, 3.05) is 6.54 Å². The van der Waals surface area contributed by atoms with Crippen molar-refractivity contribution in [1.29, 1.82) is 0 Å². The number of piperazine rings is 1. The first kappa shape index (κ1) is 14.6. The lowest BCUT2D eigenvalue weighted by Crippen LogP contribution is -2.61. The molecule has 0 aromatic heterocycles. The molecule has 20 heavy (non-hydrogen) atoms. The van der Waals surface area contributed by atoms with Crippen LogP contribution in [0.4, 0.5) is 0 Å². The predicted octanol–water partition coefficient (Wildman–Crippen LogP) is 1.74. The van der Waals surface area contributed by atoms with Gasteiger partial charge in [0.2, 0.25) is 11.8 Å². The molecule has 1 heterocycles. The fourth-order valence-electron chi connectivity index (χ4n) is 2.81. The van der Waals surface area contributed by atoms with Crippen LogP contribution in [0.3, 0.4) is 0 Å². The lowest BCUT2D eigenvalue weighted by Gasteiger charge is -2.39. The molecule has 4 heteroatoms. The zero-order valence-electron chi connectivity index (χ0n) is 12.1. The van der Waals surface area contributed by atoms with Gasteiger partial charge in [-0.3, -0.25) is 9.59 Å². The summed E-state index contributed by atoms with van der Waals surface area (Å²) in [5.41, 5.74) is 1.08. The van der Waals surface area contributed by atoms with E-state index in [1.165, 1.54) is 0 Å². The number of benzene rings is 1. The maximum absolute atomic E-state index is 12.2. The smallest absolute Gasteiger partial charge is 0.243 e. The van der Waals surface area contributed by atoms with E-state index in [1.807, 2.05) is 37.3 Å². The Labute approximate surface area is 120 Å². The first-order chi connectivity index (χ1) is 9.63. The number of carbonyl (C=O) groups is 2. The highest BCUT2D eigenvalue weighted by Gasteiger charge is 2.36. The molecular formula is C16H22N2O2. The van der Waals surface area contributed by atoms with Gasteiger partial charge in [0.05, 0.1) is 6.54 Å². The Morgan fingerprint density at radius 1 is 1.30 bits per heavy atom. The van der Waals surface area contributed by atoms with E-state index in [2.05, 4.69) is 12.2 Å². The van der Waals surface area contributed by atoms with E-state index in [-0.39, 0.29) is 30.4 Å². The van der Waals surface area contributed by atoms with Crippen LogP contribution in [0.25, 0.3) is 0 Å². The molecule has 1 aliphatic heterocycles. The number of nitrogens with zero attached hydrogens (tertiary/aromatic N) is 1. The highest BCUT2D eigenvalue weighted by molar-refractivity contribution is 5.95. The maximum Gasteiger partial charge on any atom is 0.243 e. The van der Waals surface area contributed by atoms with Crippen molar-refractivity contribution in [3.63, 3.8) is 0 Å². The van der Waals surface area contributed by atoms with Gasteiger partial charge in [-0.1, -0.05) is 43.7 Å². The van der Waals surface area contributed by atoms with Gasteiger partial charge in [-0.05, 0) is 18.9 Å². The van der Waals surface area contributed by atoms with Crippen molar-refractivity contribution in [3.8, 4) is 0 Å². The Hall–Kier alpha value is -1.84. The molecule has 2 rings (SSSR count). The highest BCUT2D eigenvalue weighted by atomic mass is 16.2. The van der Waals surface area contributed by atoms with Crippen LogP contribution in [0.15, 0.2) is 30.3 Å². The molecule has 1 saturated heterocycles. The molecule has 1 N–H and O–H groups in total. The summed E-state index contributed by atoms with van der Waals surface area (Å²) in [6.45, 7) is 4.24. The quantitative estimate of drug-likeness (QED) is 0.889. The highest BCUT2D eigenvalue weighted by Crippen LogP contribution is 2.18. The van der Waals surface area contributed by atoms with E-state index in [1.54, 1.807) is 4.90 Å². The zero-order chi connectivity index (χ0) is 14.5. The second-order valence-electron chi connectivity index (χ2n) is 5.36. The Morgan fingerprint density at radius 2 is 2.00 bits per heavy atom. The van der Waals surface area contributed by atoms with E-state index >= 15 is 0 Å². The summed E-state index contributed by atoms with van der Waals surface area (Å²) in [5.74, 6) is -0.0251. The molecule has 0 spiro atoms. The molecule has 4 nitrogen and oxygen atoms in total. The van der Waals surface area contributed by atoms with Crippen LogP contribution in [0.1, 0.15) is 32.3 Å². The van der Waals surface area contributed by atoms with Crippen molar-refractivity contribution in [1.82, 2.24) is 10.2 Å². The summed E-state index contributed by atoms with van der Waals surface area (Å²) in [7, 11) is 0. The Kier molecular flexibility index (Phi) is 4.77. The predicted molar refractivity (Wildman–Crippen MR) is 78.2 cm³/mol. The molecule has 2 unspecified atom stereocenters. The number of carbonyl (C=O) groups excluding carboxylic acids is 2. The van der Waals surface area contributed by atoms with Gasteiger partial charge in [0, 0.05) is 12.5 Å². The number of rotatable bonds is 5. The van der Waals surface area contributed by atoms with Gasteiger partial charge in [0.1, 0.15) is 6.04 Å². The van der Waals surface area contributed by atoms with E-state index in [0.717, 1.165) is 18.4 Å². The topological polar surface area (TPSA) is 49.4 Å². The normalized spacial score (nSPS) is 20.7. The molecule has 2 atom stereocenters. The summed E-state index contributed by atoms with van der Waals surface area (Å²) in [6, 6.07) is 9.57. The molecule has 0 radical (unpaired) electrons. The molecule has 1 aromatic rings. The largest absolute Gasteiger partial charge is 0.345 e. The summed E-state index contributed by atoms with van der Waals surface area (Å²) >= 11 is 0. The Morgan fingerprint density at radius 3 is 2.65 bits per heavy atom. The van der Waals surface area contributed by atoms with Crippen LogP contribution in [0.5, 0.6) is 0 Å². The molecule has 1 fully saturated rings. The fourth-order valence-corrected chi connectivity index (χ4v) is 2.81. The van der Waals surface area contributed by atoms with E-state index < -0.39 is 0 Å². The second-order valence-corrected chi connectivity index (χ2v) is 5.36. The molecule has 1 aliphatic rings. The first-order valence-electron chi connectivity index (χ1n) is 7.26. The van der Waals surface area contributed by atoms with Crippen molar-refractivity contribution in [3.05, 3.63) is 35.9 Å². The van der Waals surface area contributed by atoms with Crippen LogP contribution < -0.4 is 5.32 Å². The molecule has 0 bridgehead atoms. The molecule has 0 saturated carbocycles. The van der Waals surface area contributed by atoms with Gasteiger partial charge in [-0.2, -0.15) is 0 Å². The minimum absolute atomic E-state index is 0.0199. The standard InChI is InChI=1S/C16H22N2O2/c1-3-7-12(2)18-14(16(20)17-11-15(18)19)10-13-8-5-4-6-9-13/h4-6,8-9,12,14H,3,7,10-11H2,1-2H3,(H,17,20). The van der Waals surface area contributed by atoms with Crippen LogP contribution in [-0.2, 0) is 16.0 Å². The van der Waals surface area contributed by atoms with Crippen molar-refractivity contribution < 1.29 is 9.59 Å². The van der Waals surface area contributed by atoms with Gasteiger partial charge in [-0.25, -0.2) is 0 Å². The number of amides is 2. The van der Waals surface area contributed by atoms with Gasteiger partial charge in [0.25, 0.3) is 0 Å². The lowest BCUT2D eigenvalue weighted by atomic mass is 9.99. The van der Waals surface area contributed by atoms with Crippen molar-refractivity contribution in [2.24, 2.45) is 0 Å². The van der Waals surface area contributed by atoms with Gasteiger partial charge in [-0.15, -0.1) is 0 Å². The second kappa shape index (κ2) is 6.55. The van der Waals surface area contributed by atoms with Crippen LogP contribution in [-0.4, -0.2) is 35.3 Å². The summed E-state index contributed by atoms with van der Waals surface area (Å²) in [5, 5.41) is 2.70. The van der Waals surface area contributed by atoms with Crippen LogP contribution in [0.2, 0.25) is 0 Å². The minimum Gasteiger partial charge on any atom is -0.345 e. The average Bonchev–Trinajstić information content (AvgIpc) is 2.44. The summed E-state index contributed by atoms with van der Waals surface area (Å²) in [4.78, 5) is 26.1. The van der Waals surface area contributed by atoms with E-state index in [0.29, 0.717) is 6.42 Å². The molecule has 108 valence electrons. The third kappa shape index (κ3) is 3.18. The van der Waals surface area contributed by atoms with Gasteiger partial charge < -0.3 is 10.2 Å². The number of nitrogens with one attached hydrogen (secondary N) is 1. The van der Waals surface area contributed by atoms with Gasteiger partial charge in [0.15, 0.2) is 0 Å². The molecule has 0 aliphatic carbocycles. The van der Waals surface area contributed by atoms with E-state index in [9.17, 15) is 9.59 Å². The number of hydrogen-bond donors (Lipinski definition) is 1. The lowest BCUT2D eigenvalue weighted by molar-refractivity contribution is -0.148. The first-order valence-corrected chi connectivity index (χ1v) is 7.26. The van der Waals surface area contributed by atoms with Crippen LogP contribution >= 0.6 is 0 Å². The SMILES string of the molecule is CCCC(C)N1C(=O)CNC(=O)C1Cc1ccccc1.